The summed E-state index contributed by atoms with van der Waals surface area (Å²) in [6.07, 6.45) is 3.01. The number of imide groups is 1. The number of anilines is 1. The minimum Gasteiger partial charge on any atom is -0.454 e. The van der Waals surface area contributed by atoms with Gasteiger partial charge in [0.1, 0.15) is 12.1 Å². The number of nitrogens with zero attached hydrogens (tertiary/aromatic N) is 1. The van der Waals surface area contributed by atoms with Crippen molar-refractivity contribution in [1.29, 1.82) is 0 Å². The highest BCUT2D eigenvalue weighted by molar-refractivity contribution is 6.34. The van der Waals surface area contributed by atoms with Gasteiger partial charge in [0, 0.05) is 12.1 Å². The van der Waals surface area contributed by atoms with Gasteiger partial charge in [0.05, 0.1) is 10.7 Å². The Labute approximate surface area is 148 Å². The number of urea groups is 1. The monoisotopic (exact) mass is 365 g/mol. The van der Waals surface area contributed by atoms with E-state index >= 15 is 0 Å². The first-order valence-electron chi connectivity index (χ1n) is 8.02. The summed E-state index contributed by atoms with van der Waals surface area (Å²) in [6.45, 7) is -0.273. The standard InChI is InChI=1S/C16H16ClN3O5/c17-9-5-11-12(25-8-24-11)6-10(9)18-13(21)7-20-14(22)16(19-15(20)23)3-1-2-4-16/h5-6H,1-4,7-8H2,(H,18,21)(H,19,23). The van der Waals surface area contributed by atoms with Gasteiger partial charge in [0.25, 0.3) is 5.91 Å². The molecule has 9 heteroatoms. The molecule has 1 aromatic carbocycles. The molecule has 2 heterocycles. The maximum absolute atomic E-state index is 12.5. The van der Waals surface area contributed by atoms with Crippen LogP contribution in [0.5, 0.6) is 11.5 Å². The largest absolute Gasteiger partial charge is 0.454 e. The molecule has 0 bridgehead atoms. The van der Waals surface area contributed by atoms with E-state index in [9.17, 15) is 14.4 Å². The van der Waals surface area contributed by atoms with Crippen LogP contribution in [0.2, 0.25) is 5.02 Å². The number of ether oxygens (including phenoxy) is 2. The van der Waals surface area contributed by atoms with Gasteiger partial charge in [-0.3, -0.25) is 14.5 Å². The van der Waals surface area contributed by atoms with Gasteiger partial charge >= 0.3 is 6.03 Å². The smallest absolute Gasteiger partial charge is 0.325 e. The molecule has 2 N–H and O–H groups in total. The molecule has 2 aliphatic heterocycles. The number of amides is 4. The third-order valence-corrected chi connectivity index (χ3v) is 5.05. The van der Waals surface area contributed by atoms with Crippen molar-refractivity contribution in [2.24, 2.45) is 0 Å². The fourth-order valence-electron chi connectivity index (χ4n) is 3.48. The number of fused-ring (bicyclic) bond motifs is 1. The average Bonchev–Trinajstić information content (AvgIpc) is 3.26. The first kappa shape index (κ1) is 16.0. The summed E-state index contributed by atoms with van der Waals surface area (Å²) in [6, 6.07) is 2.56. The van der Waals surface area contributed by atoms with Crippen LogP contribution in [-0.4, -0.2) is 41.6 Å². The fourth-order valence-corrected chi connectivity index (χ4v) is 3.68. The summed E-state index contributed by atoms with van der Waals surface area (Å²) < 4.78 is 10.4. The molecule has 2 fully saturated rings. The van der Waals surface area contributed by atoms with E-state index in [2.05, 4.69) is 10.6 Å². The Morgan fingerprint density at radius 3 is 2.64 bits per heavy atom. The van der Waals surface area contributed by atoms with Crippen molar-refractivity contribution in [2.45, 2.75) is 31.2 Å². The number of nitrogens with one attached hydrogen (secondary N) is 2. The highest BCUT2D eigenvalue weighted by Crippen LogP contribution is 2.39. The van der Waals surface area contributed by atoms with Crippen molar-refractivity contribution in [3.8, 4) is 11.5 Å². The van der Waals surface area contributed by atoms with Crippen LogP contribution in [0.15, 0.2) is 12.1 Å². The zero-order valence-corrected chi connectivity index (χ0v) is 14.0. The van der Waals surface area contributed by atoms with Gasteiger partial charge in [-0.1, -0.05) is 24.4 Å². The Kier molecular flexibility index (Phi) is 3.72. The van der Waals surface area contributed by atoms with E-state index in [1.54, 1.807) is 12.1 Å². The van der Waals surface area contributed by atoms with Crippen molar-refractivity contribution in [3.63, 3.8) is 0 Å². The molecule has 3 aliphatic rings. The van der Waals surface area contributed by atoms with Crippen LogP contribution < -0.4 is 20.1 Å². The number of carbonyl (C=O) groups is 3. The molecule has 1 spiro atoms. The van der Waals surface area contributed by atoms with Gasteiger partial charge in [-0.25, -0.2) is 4.79 Å². The highest BCUT2D eigenvalue weighted by atomic mass is 35.5. The molecule has 0 radical (unpaired) electrons. The topological polar surface area (TPSA) is 97.0 Å². The average molecular weight is 366 g/mol. The molecule has 8 nitrogen and oxygen atoms in total. The lowest BCUT2D eigenvalue weighted by atomic mass is 9.98. The van der Waals surface area contributed by atoms with Crippen LogP contribution in [0.1, 0.15) is 25.7 Å². The number of halogens is 1. The molecule has 1 aromatic rings. The van der Waals surface area contributed by atoms with Crippen molar-refractivity contribution >= 4 is 35.1 Å². The lowest BCUT2D eigenvalue weighted by Gasteiger charge is -2.19. The second-order valence-corrected chi connectivity index (χ2v) is 6.75. The van der Waals surface area contributed by atoms with Crippen LogP contribution in [0.4, 0.5) is 10.5 Å². The van der Waals surface area contributed by atoms with Gasteiger partial charge in [-0.05, 0) is 12.8 Å². The predicted octanol–water partition coefficient (Wildman–Crippen LogP) is 1.87. The quantitative estimate of drug-likeness (QED) is 0.797. The van der Waals surface area contributed by atoms with Gasteiger partial charge in [0.2, 0.25) is 12.7 Å². The molecule has 4 amide bonds. The lowest BCUT2D eigenvalue weighted by molar-refractivity contribution is -0.133. The van der Waals surface area contributed by atoms with E-state index in [0.29, 0.717) is 30.0 Å². The third kappa shape index (κ3) is 2.66. The molecular formula is C16H16ClN3O5. The predicted molar refractivity (Wildman–Crippen MR) is 87.6 cm³/mol. The molecule has 4 rings (SSSR count). The van der Waals surface area contributed by atoms with Crippen molar-refractivity contribution in [2.75, 3.05) is 18.7 Å². The molecule has 1 saturated heterocycles. The first-order valence-corrected chi connectivity index (χ1v) is 8.39. The lowest BCUT2D eigenvalue weighted by Crippen LogP contribution is -2.44. The van der Waals surface area contributed by atoms with Gasteiger partial charge in [-0.2, -0.15) is 0 Å². The van der Waals surface area contributed by atoms with Gasteiger partial charge in [-0.15, -0.1) is 0 Å². The Hall–Kier alpha value is -2.48. The van der Waals surface area contributed by atoms with Crippen LogP contribution in [-0.2, 0) is 9.59 Å². The van der Waals surface area contributed by atoms with E-state index < -0.39 is 17.5 Å². The molecule has 1 aliphatic carbocycles. The zero-order valence-electron chi connectivity index (χ0n) is 13.3. The minimum absolute atomic E-state index is 0.0909. The molecule has 0 atom stereocenters. The van der Waals surface area contributed by atoms with Gasteiger partial charge < -0.3 is 20.1 Å². The van der Waals surface area contributed by atoms with Crippen LogP contribution >= 0.6 is 11.6 Å². The summed E-state index contributed by atoms with van der Waals surface area (Å²) in [5, 5.41) is 5.62. The number of benzene rings is 1. The molecule has 1 saturated carbocycles. The zero-order chi connectivity index (χ0) is 17.6. The second kappa shape index (κ2) is 5.80. The van der Waals surface area contributed by atoms with Crippen LogP contribution in [0.3, 0.4) is 0 Å². The maximum atomic E-state index is 12.5. The molecule has 0 aromatic heterocycles. The van der Waals surface area contributed by atoms with E-state index in [-0.39, 0.29) is 24.3 Å². The SMILES string of the molecule is O=C(CN1C(=O)NC2(CCCC2)C1=O)Nc1cc2c(cc1Cl)OCO2. The normalized spacial score (nSPS) is 20.3. The van der Waals surface area contributed by atoms with E-state index in [0.717, 1.165) is 17.7 Å². The van der Waals surface area contributed by atoms with E-state index in [1.807, 2.05) is 0 Å². The Bertz CT molecular complexity index is 775. The van der Waals surface area contributed by atoms with Crippen LogP contribution in [0.25, 0.3) is 0 Å². The minimum atomic E-state index is -0.826. The summed E-state index contributed by atoms with van der Waals surface area (Å²) in [7, 11) is 0. The summed E-state index contributed by atoms with van der Waals surface area (Å²) in [5.41, 5.74) is -0.494. The number of hydrogen-bond donors (Lipinski definition) is 2. The third-order valence-electron chi connectivity index (χ3n) is 4.74. The molecule has 132 valence electrons. The summed E-state index contributed by atoms with van der Waals surface area (Å²) >= 11 is 6.11. The Balaban J connectivity index is 1.46. The van der Waals surface area contributed by atoms with Crippen LogP contribution in [0, 0.1) is 0 Å². The maximum Gasteiger partial charge on any atom is 0.325 e. The summed E-state index contributed by atoms with van der Waals surface area (Å²) in [5.74, 6) is 0.126. The fraction of sp³-hybridized carbons (Fsp3) is 0.438. The van der Waals surface area contributed by atoms with Crippen molar-refractivity contribution in [1.82, 2.24) is 10.2 Å². The molecular weight excluding hydrogens is 350 g/mol. The van der Waals surface area contributed by atoms with Crippen molar-refractivity contribution < 1.29 is 23.9 Å². The Morgan fingerprint density at radius 2 is 1.92 bits per heavy atom. The van der Waals surface area contributed by atoms with Crippen molar-refractivity contribution in [3.05, 3.63) is 17.2 Å². The Morgan fingerprint density at radius 1 is 1.24 bits per heavy atom. The number of hydrogen-bond acceptors (Lipinski definition) is 5. The van der Waals surface area contributed by atoms with E-state index in [4.69, 9.17) is 21.1 Å². The number of rotatable bonds is 3. The summed E-state index contributed by atoms with van der Waals surface area (Å²) in [4.78, 5) is 37.9. The molecule has 0 unspecified atom stereocenters. The van der Waals surface area contributed by atoms with E-state index in [1.165, 1.54) is 0 Å². The van der Waals surface area contributed by atoms with Gasteiger partial charge in [0.15, 0.2) is 11.5 Å². The number of carbonyl (C=O) groups excluding carboxylic acids is 3. The second-order valence-electron chi connectivity index (χ2n) is 6.34. The molecule has 25 heavy (non-hydrogen) atoms. The first-order chi connectivity index (χ1) is 12.0. The highest BCUT2D eigenvalue weighted by Gasteiger charge is 2.52.